The molecule has 0 spiro atoms. The van der Waals surface area contributed by atoms with Crippen molar-refractivity contribution in [3.63, 3.8) is 0 Å². The van der Waals surface area contributed by atoms with E-state index in [1.165, 1.54) is 14.0 Å². The van der Waals surface area contributed by atoms with Crippen LogP contribution in [0.2, 0.25) is 0 Å². The number of esters is 1. The third-order valence-corrected chi connectivity index (χ3v) is 1.91. The lowest BCUT2D eigenvalue weighted by Crippen LogP contribution is -2.39. The van der Waals surface area contributed by atoms with Crippen molar-refractivity contribution >= 4 is 11.9 Å². The van der Waals surface area contributed by atoms with Crippen LogP contribution in [0.1, 0.15) is 6.92 Å². The molecule has 13 heavy (non-hydrogen) atoms. The van der Waals surface area contributed by atoms with Crippen LogP contribution in [0.15, 0.2) is 0 Å². The van der Waals surface area contributed by atoms with Gasteiger partial charge in [-0.15, -0.1) is 0 Å². The van der Waals surface area contributed by atoms with Crippen molar-refractivity contribution in [1.29, 1.82) is 0 Å². The van der Waals surface area contributed by atoms with Gasteiger partial charge in [-0.05, 0) is 0 Å². The molecule has 0 bridgehead atoms. The predicted octanol–water partition coefficient (Wildman–Crippen LogP) is -1.74. The van der Waals surface area contributed by atoms with E-state index in [0.29, 0.717) is 0 Å². The molecule has 2 atom stereocenters. The van der Waals surface area contributed by atoms with Gasteiger partial charge in [-0.3, -0.25) is 14.9 Å². The lowest BCUT2D eigenvalue weighted by molar-refractivity contribution is -0.142. The maximum Gasteiger partial charge on any atom is 0.324 e. The lowest BCUT2D eigenvalue weighted by atomic mass is 10.3. The summed E-state index contributed by atoms with van der Waals surface area (Å²) in [4.78, 5) is 23.0. The number of rotatable bonds is 1. The average Bonchev–Trinajstić information content (AvgIpc) is 2.46. The van der Waals surface area contributed by atoms with Gasteiger partial charge < -0.3 is 14.7 Å². The fourth-order valence-electron chi connectivity index (χ4n) is 1.20. The van der Waals surface area contributed by atoms with Crippen LogP contribution in [-0.2, 0) is 14.3 Å². The zero-order valence-electron chi connectivity index (χ0n) is 7.48. The Morgan fingerprint density at radius 3 is 2.62 bits per heavy atom. The molecule has 1 saturated heterocycles. The van der Waals surface area contributed by atoms with Gasteiger partial charge in [0.1, 0.15) is 6.04 Å². The molecule has 1 fully saturated rings. The second kappa shape index (κ2) is 3.71. The van der Waals surface area contributed by atoms with E-state index in [1.54, 1.807) is 0 Å². The van der Waals surface area contributed by atoms with Gasteiger partial charge >= 0.3 is 5.97 Å². The minimum absolute atomic E-state index is 0.142. The van der Waals surface area contributed by atoms with Gasteiger partial charge in [0.05, 0.1) is 13.7 Å². The molecule has 6 nitrogen and oxygen atoms in total. The molecule has 0 saturated carbocycles. The topological polar surface area (TPSA) is 78.9 Å². The monoisotopic (exact) mass is 188 g/mol. The standard InChI is InChI=1S/C7H12N2O4/c1-4(10)9-3-5(6(11)13-2)8-7(9)12/h5,7-8,12H,3H2,1-2H3/t5-,7?/m0/s1. The predicted molar refractivity (Wildman–Crippen MR) is 42.3 cm³/mol. The molecule has 1 unspecified atom stereocenters. The number of ether oxygens (including phenoxy) is 1. The van der Waals surface area contributed by atoms with E-state index in [2.05, 4.69) is 10.1 Å². The van der Waals surface area contributed by atoms with Gasteiger partial charge in [0.25, 0.3) is 0 Å². The van der Waals surface area contributed by atoms with Gasteiger partial charge in [-0.2, -0.15) is 0 Å². The number of methoxy groups -OCH3 is 1. The summed E-state index contributed by atoms with van der Waals surface area (Å²) in [6.07, 6.45) is -1.10. The van der Waals surface area contributed by atoms with E-state index in [-0.39, 0.29) is 12.5 Å². The van der Waals surface area contributed by atoms with Crippen molar-refractivity contribution in [1.82, 2.24) is 10.2 Å². The summed E-state index contributed by atoms with van der Waals surface area (Å²) < 4.78 is 4.46. The molecule has 2 N–H and O–H groups in total. The van der Waals surface area contributed by atoms with Crippen molar-refractivity contribution in [2.45, 2.75) is 19.3 Å². The van der Waals surface area contributed by atoms with Crippen LogP contribution in [0.4, 0.5) is 0 Å². The van der Waals surface area contributed by atoms with E-state index >= 15 is 0 Å². The molecule has 1 aliphatic rings. The maximum absolute atomic E-state index is 11.0. The van der Waals surface area contributed by atoms with Crippen LogP contribution in [-0.4, -0.2) is 47.9 Å². The van der Waals surface area contributed by atoms with Gasteiger partial charge in [-0.1, -0.05) is 0 Å². The Morgan fingerprint density at radius 1 is 1.62 bits per heavy atom. The van der Waals surface area contributed by atoms with E-state index in [0.717, 1.165) is 4.90 Å². The third kappa shape index (κ3) is 1.96. The van der Waals surface area contributed by atoms with Crippen molar-refractivity contribution in [3.8, 4) is 0 Å². The van der Waals surface area contributed by atoms with Crippen LogP contribution in [0.25, 0.3) is 0 Å². The molecule has 0 radical (unpaired) electrons. The summed E-state index contributed by atoms with van der Waals surface area (Å²) in [7, 11) is 1.26. The smallest absolute Gasteiger partial charge is 0.324 e. The summed E-state index contributed by atoms with van der Waals surface area (Å²) in [5.74, 6) is -0.769. The van der Waals surface area contributed by atoms with E-state index < -0.39 is 18.4 Å². The third-order valence-electron chi connectivity index (χ3n) is 1.91. The molecule has 0 aromatic heterocycles. The molecule has 74 valence electrons. The number of hydrogen-bond acceptors (Lipinski definition) is 5. The van der Waals surface area contributed by atoms with Crippen LogP contribution in [0, 0.1) is 0 Å². The van der Waals surface area contributed by atoms with Gasteiger partial charge in [0.15, 0.2) is 6.35 Å². The van der Waals surface area contributed by atoms with Crippen molar-refractivity contribution < 1.29 is 19.4 Å². The maximum atomic E-state index is 11.0. The molecule has 0 aromatic carbocycles. The number of nitrogens with zero attached hydrogens (tertiary/aromatic N) is 1. The second-order valence-electron chi connectivity index (χ2n) is 2.79. The zero-order valence-corrected chi connectivity index (χ0v) is 7.48. The number of amides is 1. The normalized spacial score (nSPS) is 27.5. The second-order valence-corrected chi connectivity index (χ2v) is 2.79. The molecular formula is C7H12N2O4. The summed E-state index contributed by atoms with van der Waals surface area (Å²) in [5.41, 5.74) is 0. The summed E-state index contributed by atoms with van der Waals surface area (Å²) in [6, 6.07) is -0.635. The highest BCUT2D eigenvalue weighted by Crippen LogP contribution is 2.07. The molecule has 1 amide bonds. The first-order valence-corrected chi connectivity index (χ1v) is 3.85. The first kappa shape index (κ1) is 9.94. The van der Waals surface area contributed by atoms with E-state index in [9.17, 15) is 14.7 Å². The lowest BCUT2D eigenvalue weighted by Gasteiger charge is -2.16. The van der Waals surface area contributed by atoms with Crippen LogP contribution < -0.4 is 5.32 Å². The highest BCUT2D eigenvalue weighted by Gasteiger charge is 2.36. The fraction of sp³-hybridized carbons (Fsp3) is 0.714. The molecule has 6 heteroatoms. The molecule has 0 aromatic rings. The van der Waals surface area contributed by atoms with Crippen LogP contribution in [0.5, 0.6) is 0 Å². The fourth-order valence-corrected chi connectivity index (χ4v) is 1.20. The molecular weight excluding hydrogens is 176 g/mol. The van der Waals surface area contributed by atoms with Gasteiger partial charge in [0, 0.05) is 6.92 Å². The van der Waals surface area contributed by atoms with Crippen LogP contribution >= 0.6 is 0 Å². The van der Waals surface area contributed by atoms with Gasteiger partial charge in [0.2, 0.25) is 5.91 Å². The first-order chi connectivity index (χ1) is 6.06. The number of hydrogen-bond donors (Lipinski definition) is 2. The minimum atomic E-state index is -1.10. The molecule has 0 aliphatic carbocycles. The Labute approximate surface area is 75.5 Å². The Morgan fingerprint density at radius 2 is 2.23 bits per heavy atom. The van der Waals surface area contributed by atoms with Crippen molar-refractivity contribution in [3.05, 3.63) is 0 Å². The minimum Gasteiger partial charge on any atom is -0.468 e. The first-order valence-electron chi connectivity index (χ1n) is 3.85. The average molecular weight is 188 g/mol. The number of nitrogens with one attached hydrogen (secondary N) is 1. The van der Waals surface area contributed by atoms with Crippen molar-refractivity contribution in [2.75, 3.05) is 13.7 Å². The molecule has 1 rings (SSSR count). The zero-order chi connectivity index (χ0) is 10.0. The highest BCUT2D eigenvalue weighted by molar-refractivity contribution is 5.79. The Bertz CT molecular complexity index is 231. The Balaban J connectivity index is 2.59. The Kier molecular flexibility index (Phi) is 2.84. The van der Waals surface area contributed by atoms with Gasteiger partial charge in [-0.25, -0.2) is 0 Å². The number of carbonyl (C=O) groups excluding carboxylic acids is 2. The molecule has 1 aliphatic heterocycles. The number of aliphatic hydroxyl groups excluding tert-OH is 1. The summed E-state index contributed by atoms with van der Waals surface area (Å²) >= 11 is 0. The number of aliphatic hydroxyl groups is 1. The van der Waals surface area contributed by atoms with Crippen LogP contribution in [0.3, 0.4) is 0 Å². The van der Waals surface area contributed by atoms with Crippen molar-refractivity contribution in [2.24, 2.45) is 0 Å². The summed E-state index contributed by atoms with van der Waals surface area (Å²) in [5, 5.41) is 11.8. The van der Waals surface area contributed by atoms with E-state index in [1.807, 2.05) is 0 Å². The van der Waals surface area contributed by atoms with E-state index in [4.69, 9.17) is 0 Å². The molecule has 1 heterocycles. The Hall–Kier alpha value is -1.14. The number of carbonyl (C=O) groups is 2. The quantitative estimate of drug-likeness (QED) is 0.477. The SMILES string of the molecule is COC(=O)[C@@H]1CN(C(C)=O)C(O)N1. The highest BCUT2D eigenvalue weighted by atomic mass is 16.5. The summed E-state index contributed by atoms with van der Waals surface area (Å²) in [6.45, 7) is 1.47. The largest absolute Gasteiger partial charge is 0.468 e.